The van der Waals surface area contributed by atoms with E-state index >= 15 is 0 Å². The molecule has 0 bridgehead atoms. The van der Waals surface area contributed by atoms with Crippen molar-refractivity contribution in [3.05, 3.63) is 41.5 Å². The van der Waals surface area contributed by atoms with Gasteiger partial charge < -0.3 is 14.0 Å². The number of ether oxygens (including phenoxy) is 2. The van der Waals surface area contributed by atoms with Gasteiger partial charge in [-0.25, -0.2) is 4.79 Å². The summed E-state index contributed by atoms with van der Waals surface area (Å²) in [6.07, 6.45) is -0.777. The lowest BCUT2D eigenvalue weighted by atomic mass is 9.96. The number of rotatable bonds is 5. The number of halogens is 2. The number of carbonyl (C=O) groups is 1. The molecule has 0 amide bonds. The van der Waals surface area contributed by atoms with Crippen LogP contribution in [-0.2, 0) is 10.2 Å². The van der Waals surface area contributed by atoms with Crippen molar-refractivity contribution < 1.29 is 27.6 Å². The SMILES string of the molecule is CC(OC(=O)c1cccc(OC(F)F)c1)c1nc(C(C)(C)C)no1. The van der Waals surface area contributed by atoms with Crippen LogP contribution in [0.4, 0.5) is 8.78 Å². The van der Waals surface area contributed by atoms with Crippen molar-refractivity contribution in [3.8, 4) is 5.75 Å². The average molecular weight is 340 g/mol. The maximum atomic E-state index is 12.2. The molecule has 0 N–H and O–H groups in total. The average Bonchev–Trinajstić information content (AvgIpc) is 2.96. The first-order valence-corrected chi connectivity index (χ1v) is 7.27. The highest BCUT2D eigenvalue weighted by molar-refractivity contribution is 5.89. The molecule has 24 heavy (non-hydrogen) atoms. The standard InChI is InChI=1S/C16H18F2N2O4/c1-9(12-19-14(20-24-12)16(2,3)4)22-13(21)10-6-5-7-11(8-10)23-15(17)18/h5-9,15H,1-4H3. The summed E-state index contributed by atoms with van der Waals surface area (Å²) < 4.78 is 39.0. The van der Waals surface area contributed by atoms with E-state index in [9.17, 15) is 13.6 Å². The fraction of sp³-hybridized carbons (Fsp3) is 0.438. The van der Waals surface area contributed by atoms with Gasteiger partial charge in [-0.05, 0) is 25.1 Å². The Balaban J connectivity index is 2.07. The Morgan fingerprint density at radius 3 is 2.58 bits per heavy atom. The van der Waals surface area contributed by atoms with Gasteiger partial charge in [0.25, 0.3) is 5.89 Å². The minimum absolute atomic E-state index is 0.0792. The van der Waals surface area contributed by atoms with Gasteiger partial charge in [-0.15, -0.1) is 0 Å². The van der Waals surface area contributed by atoms with Crippen LogP contribution in [0.5, 0.6) is 5.75 Å². The van der Waals surface area contributed by atoms with Crippen molar-refractivity contribution in [2.45, 2.75) is 45.8 Å². The smallest absolute Gasteiger partial charge is 0.387 e. The second kappa shape index (κ2) is 6.94. The number of nitrogens with zero attached hydrogens (tertiary/aromatic N) is 2. The Labute approximate surface area is 137 Å². The van der Waals surface area contributed by atoms with Gasteiger partial charge in [-0.2, -0.15) is 13.8 Å². The third-order valence-corrected chi connectivity index (χ3v) is 3.04. The Morgan fingerprint density at radius 1 is 1.29 bits per heavy atom. The first kappa shape index (κ1) is 17.8. The van der Waals surface area contributed by atoms with E-state index in [1.165, 1.54) is 24.3 Å². The molecule has 0 fully saturated rings. The molecular formula is C16H18F2N2O4. The van der Waals surface area contributed by atoms with Gasteiger partial charge >= 0.3 is 12.6 Å². The van der Waals surface area contributed by atoms with Gasteiger partial charge in [-0.1, -0.05) is 32.0 Å². The molecule has 0 radical (unpaired) electrons. The van der Waals surface area contributed by atoms with Gasteiger partial charge in [0.15, 0.2) is 11.9 Å². The zero-order valence-electron chi connectivity index (χ0n) is 13.7. The van der Waals surface area contributed by atoms with E-state index in [0.29, 0.717) is 5.82 Å². The van der Waals surface area contributed by atoms with Crippen molar-refractivity contribution in [3.63, 3.8) is 0 Å². The van der Waals surface area contributed by atoms with E-state index in [0.717, 1.165) is 0 Å². The maximum absolute atomic E-state index is 12.2. The molecule has 1 heterocycles. The molecule has 8 heteroatoms. The third kappa shape index (κ3) is 4.50. The van der Waals surface area contributed by atoms with Gasteiger partial charge in [0.05, 0.1) is 5.56 Å². The minimum atomic E-state index is -2.97. The van der Waals surface area contributed by atoms with Crippen molar-refractivity contribution in [2.24, 2.45) is 0 Å². The van der Waals surface area contributed by atoms with Gasteiger partial charge in [0, 0.05) is 5.41 Å². The van der Waals surface area contributed by atoms with E-state index in [2.05, 4.69) is 14.9 Å². The molecular weight excluding hydrogens is 322 g/mol. The summed E-state index contributed by atoms with van der Waals surface area (Å²) in [5.41, 5.74) is -0.220. The fourth-order valence-electron chi connectivity index (χ4n) is 1.78. The van der Waals surface area contributed by atoms with Crippen LogP contribution in [0.25, 0.3) is 0 Å². The fourth-order valence-corrected chi connectivity index (χ4v) is 1.78. The van der Waals surface area contributed by atoms with Crippen LogP contribution < -0.4 is 4.74 Å². The van der Waals surface area contributed by atoms with Gasteiger partial charge in [0.1, 0.15) is 5.75 Å². The van der Waals surface area contributed by atoms with Crippen molar-refractivity contribution in [1.29, 1.82) is 0 Å². The molecule has 0 saturated carbocycles. The van der Waals surface area contributed by atoms with E-state index in [4.69, 9.17) is 9.26 Å². The monoisotopic (exact) mass is 340 g/mol. The largest absolute Gasteiger partial charge is 0.449 e. The number of carbonyl (C=O) groups excluding carboxylic acids is 1. The zero-order chi connectivity index (χ0) is 17.9. The molecule has 0 aliphatic rings. The second-order valence-electron chi connectivity index (χ2n) is 6.16. The number of esters is 1. The molecule has 2 aromatic rings. The Morgan fingerprint density at radius 2 is 2.00 bits per heavy atom. The summed E-state index contributed by atoms with van der Waals surface area (Å²) in [4.78, 5) is 16.3. The van der Waals surface area contributed by atoms with Crippen LogP contribution in [0, 0.1) is 0 Å². The minimum Gasteiger partial charge on any atom is -0.449 e. The Kier molecular flexibility index (Phi) is 5.16. The lowest BCUT2D eigenvalue weighted by Crippen LogP contribution is -2.14. The van der Waals surface area contributed by atoms with E-state index in [1.54, 1.807) is 6.92 Å². The topological polar surface area (TPSA) is 74.5 Å². The summed E-state index contributed by atoms with van der Waals surface area (Å²) in [7, 11) is 0. The normalized spacial score (nSPS) is 13.0. The highest BCUT2D eigenvalue weighted by Gasteiger charge is 2.25. The van der Waals surface area contributed by atoms with E-state index in [-0.39, 0.29) is 22.6 Å². The highest BCUT2D eigenvalue weighted by atomic mass is 19.3. The molecule has 0 saturated heterocycles. The number of hydrogen-bond donors (Lipinski definition) is 0. The lowest BCUT2D eigenvalue weighted by Gasteiger charge is -2.12. The molecule has 2 rings (SSSR count). The van der Waals surface area contributed by atoms with Crippen molar-refractivity contribution in [1.82, 2.24) is 10.1 Å². The molecule has 1 atom stereocenters. The summed E-state index contributed by atoms with van der Waals surface area (Å²) >= 11 is 0. The van der Waals surface area contributed by atoms with Gasteiger partial charge in [-0.3, -0.25) is 0 Å². The molecule has 130 valence electrons. The molecule has 0 spiro atoms. The molecule has 0 aliphatic heterocycles. The molecule has 0 aliphatic carbocycles. The van der Waals surface area contributed by atoms with Crippen LogP contribution in [0.2, 0.25) is 0 Å². The van der Waals surface area contributed by atoms with Crippen LogP contribution in [0.15, 0.2) is 28.8 Å². The van der Waals surface area contributed by atoms with Crippen LogP contribution >= 0.6 is 0 Å². The van der Waals surface area contributed by atoms with Crippen molar-refractivity contribution >= 4 is 5.97 Å². The lowest BCUT2D eigenvalue weighted by molar-refractivity contribution is -0.0499. The van der Waals surface area contributed by atoms with Crippen LogP contribution in [0.1, 0.15) is 55.9 Å². The van der Waals surface area contributed by atoms with Gasteiger partial charge in [0.2, 0.25) is 0 Å². The number of aromatic nitrogens is 2. The number of alkyl halides is 2. The number of hydrogen-bond acceptors (Lipinski definition) is 6. The van der Waals surface area contributed by atoms with Crippen LogP contribution in [-0.4, -0.2) is 22.7 Å². The predicted molar refractivity (Wildman–Crippen MR) is 79.9 cm³/mol. The van der Waals surface area contributed by atoms with E-state index in [1.807, 2.05) is 20.8 Å². The predicted octanol–water partition coefficient (Wildman–Crippen LogP) is 3.89. The summed E-state index contributed by atoms with van der Waals surface area (Å²) in [6, 6.07) is 5.35. The Hall–Kier alpha value is -2.51. The highest BCUT2D eigenvalue weighted by Crippen LogP contribution is 2.23. The third-order valence-electron chi connectivity index (χ3n) is 3.04. The zero-order valence-corrected chi connectivity index (χ0v) is 13.7. The number of benzene rings is 1. The summed E-state index contributed by atoms with van der Waals surface area (Å²) in [5.74, 6) is -0.182. The summed E-state index contributed by atoms with van der Waals surface area (Å²) in [6.45, 7) is 4.38. The van der Waals surface area contributed by atoms with E-state index < -0.39 is 18.7 Å². The quantitative estimate of drug-likeness (QED) is 0.769. The first-order chi connectivity index (χ1) is 11.2. The van der Waals surface area contributed by atoms with Crippen LogP contribution in [0.3, 0.4) is 0 Å². The molecule has 1 unspecified atom stereocenters. The first-order valence-electron chi connectivity index (χ1n) is 7.27. The van der Waals surface area contributed by atoms with Crippen molar-refractivity contribution in [2.75, 3.05) is 0 Å². The molecule has 6 nitrogen and oxygen atoms in total. The summed E-state index contributed by atoms with van der Waals surface area (Å²) in [5, 5.41) is 3.85. The second-order valence-corrected chi connectivity index (χ2v) is 6.16. The maximum Gasteiger partial charge on any atom is 0.387 e. The molecule has 1 aromatic carbocycles. The Bertz CT molecular complexity index is 710. The molecule has 1 aromatic heterocycles.